The van der Waals surface area contributed by atoms with Crippen molar-refractivity contribution in [2.45, 2.75) is 18.9 Å². The van der Waals surface area contributed by atoms with E-state index in [0.29, 0.717) is 18.2 Å². The molecule has 13 nitrogen and oxygen atoms in total. The Kier molecular flexibility index (Phi) is 11.7. The minimum absolute atomic E-state index is 0.0652. The maximum absolute atomic E-state index is 15.1. The number of hydrazine groups is 1. The smallest absolute Gasteiger partial charge is 0.374 e. The van der Waals surface area contributed by atoms with Crippen LogP contribution in [0.25, 0.3) is 0 Å². The summed E-state index contributed by atoms with van der Waals surface area (Å²) >= 11 is 0. The highest BCUT2D eigenvalue weighted by molar-refractivity contribution is 5.98. The second-order valence-corrected chi connectivity index (χ2v) is 8.49. The lowest BCUT2D eigenvalue weighted by molar-refractivity contribution is -0.161. The van der Waals surface area contributed by atoms with Gasteiger partial charge in [0, 0.05) is 36.0 Å². The molecule has 1 heterocycles. The number of carbonyl (C=O) groups is 3. The fourth-order valence-electron chi connectivity index (χ4n) is 3.27. The van der Waals surface area contributed by atoms with Crippen LogP contribution in [0.5, 0.6) is 17.4 Å². The number of rotatable bonds is 10. The van der Waals surface area contributed by atoms with E-state index in [1.807, 2.05) is 0 Å². The van der Waals surface area contributed by atoms with Crippen molar-refractivity contribution in [2.24, 2.45) is 5.73 Å². The summed E-state index contributed by atoms with van der Waals surface area (Å²) in [6.45, 7) is 0.329. The average Bonchev–Trinajstić information content (AvgIpc) is 2.98. The van der Waals surface area contributed by atoms with Crippen molar-refractivity contribution in [1.82, 2.24) is 15.8 Å². The molecule has 16 heteroatoms. The number of hydrogen-bond donors (Lipinski definition) is 6. The molecular weight excluding hydrogens is 577 g/mol. The fourth-order valence-corrected chi connectivity index (χ4v) is 3.27. The standard InChI is InChI=1S/C24H25FN6O5.C3H4F2O2/c1-34-18-11-16(17(25)12-19(18)35-2)20(29-14-8-6-13(7-9-14)21(26)27)23(33)31-30-22(32)15-5-4-10-28-24(15)36-3;1-3(4,5)2(6)7/h4-12,20,29H,1-3H3,(H3,26,27)(H,30,32)(H,31,33);1H3,(H,6,7). The number of carboxylic acids is 1. The topological polar surface area (TPSA) is 198 Å². The van der Waals surface area contributed by atoms with Crippen LogP contribution < -0.4 is 36.1 Å². The molecule has 0 aliphatic heterocycles. The number of benzene rings is 2. The van der Waals surface area contributed by atoms with Crippen LogP contribution in [0.2, 0.25) is 0 Å². The molecule has 0 spiro atoms. The minimum Gasteiger partial charge on any atom is -0.493 e. The predicted octanol–water partition coefficient (Wildman–Crippen LogP) is 2.87. The summed E-state index contributed by atoms with van der Waals surface area (Å²) < 4.78 is 53.0. The Morgan fingerprint density at radius 3 is 2.09 bits per heavy atom. The van der Waals surface area contributed by atoms with Gasteiger partial charge in [-0.05, 0) is 42.5 Å². The number of carbonyl (C=O) groups excluding carboxylic acids is 2. The monoisotopic (exact) mass is 606 g/mol. The van der Waals surface area contributed by atoms with E-state index < -0.39 is 35.6 Å². The van der Waals surface area contributed by atoms with Crippen molar-refractivity contribution in [1.29, 1.82) is 5.41 Å². The van der Waals surface area contributed by atoms with Crippen LogP contribution in [0, 0.1) is 11.2 Å². The molecule has 0 fully saturated rings. The quantitative estimate of drug-likeness (QED) is 0.113. The van der Waals surface area contributed by atoms with E-state index in [-0.39, 0.29) is 34.3 Å². The molecule has 230 valence electrons. The number of nitrogen functional groups attached to an aromatic ring is 1. The molecule has 7 N–H and O–H groups in total. The molecular formula is C27H29F3N6O7. The van der Waals surface area contributed by atoms with E-state index in [1.54, 1.807) is 24.3 Å². The van der Waals surface area contributed by atoms with Crippen molar-refractivity contribution in [3.05, 3.63) is 77.2 Å². The molecule has 2 aromatic carbocycles. The Labute approximate surface area is 243 Å². The van der Waals surface area contributed by atoms with E-state index in [0.717, 1.165) is 6.07 Å². The Hall–Kier alpha value is -5.54. The molecule has 0 saturated heterocycles. The summed E-state index contributed by atoms with van der Waals surface area (Å²) in [4.78, 5) is 39.0. The molecule has 1 unspecified atom stereocenters. The number of carboxylic acid groups (broad SMARTS) is 1. The molecule has 2 amide bonds. The fraction of sp³-hybridized carbons (Fsp3) is 0.222. The van der Waals surface area contributed by atoms with Gasteiger partial charge in [0.05, 0.1) is 21.3 Å². The molecule has 3 aromatic rings. The molecule has 0 radical (unpaired) electrons. The van der Waals surface area contributed by atoms with Gasteiger partial charge in [0.2, 0.25) is 5.88 Å². The summed E-state index contributed by atoms with van der Waals surface area (Å²) in [5.41, 5.74) is 11.0. The summed E-state index contributed by atoms with van der Waals surface area (Å²) in [7, 11) is 4.09. The highest BCUT2D eigenvalue weighted by Gasteiger charge is 2.31. The third kappa shape index (κ3) is 9.24. The van der Waals surface area contributed by atoms with E-state index in [4.69, 9.17) is 30.5 Å². The number of nitrogens with two attached hydrogens (primary N) is 1. The van der Waals surface area contributed by atoms with Gasteiger partial charge in [-0.25, -0.2) is 14.2 Å². The van der Waals surface area contributed by atoms with Gasteiger partial charge in [-0.2, -0.15) is 8.78 Å². The second-order valence-electron chi connectivity index (χ2n) is 8.49. The zero-order chi connectivity index (χ0) is 32.3. The van der Waals surface area contributed by atoms with Crippen molar-refractivity contribution in [3.8, 4) is 17.4 Å². The third-order valence-corrected chi connectivity index (χ3v) is 5.47. The zero-order valence-electron chi connectivity index (χ0n) is 23.3. The normalized spacial score (nSPS) is 11.1. The summed E-state index contributed by atoms with van der Waals surface area (Å²) in [6, 6.07) is 10.4. The number of ether oxygens (including phenoxy) is 3. The first-order chi connectivity index (χ1) is 20.2. The van der Waals surface area contributed by atoms with Crippen LogP contribution in [-0.4, -0.2) is 61.0 Å². The van der Waals surface area contributed by atoms with Crippen LogP contribution in [0.15, 0.2) is 54.7 Å². The van der Waals surface area contributed by atoms with Crippen LogP contribution >= 0.6 is 0 Å². The first kappa shape index (κ1) is 33.7. The van der Waals surface area contributed by atoms with Gasteiger partial charge in [-0.3, -0.25) is 25.8 Å². The highest BCUT2D eigenvalue weighted by Crippen LogP contribution is 2.34. The number of nitrogens with one attached hydrogen (secondary N) is 4. The number of methoxy groups -OCH3 is 3. The molecule has 1 atom stereocenters. The lowest BCUT2D eigenvalue weighted by Gasteiger charge is -2.22. The Morgan fingerprint density at radius 1 is 1.00 bits per heavy atom. The van der Waals surface area contributed by atoms with E-state index in [2.05, 4.69) is 21.2 Å². The number of anilines is 1. The Balaban J connectivity index is 0.000000821. The molecule has 1 aromatic heterocycles. The average molecular weight is 607 g/mol. The number of halogens is 3. The summed E-state index contributed by atoms with van der Waals surface area (Å²) in [5, 5.41) is 17.9. The van der Waals surface area contributed by atoms with E-state index in [1.165, 1.54) is 45.7 Å². The van der Waals surface area contributed by atoms with Gasteiger partial charge in [0.15, 0.2) is 11.5 Å². The molecule has 0 aliphatic rings. The van der Waals surface area contributed by atoms with E-state index >= 15 is 4.39 Å². The zero-order valence-corrected chi connectivity index (χ0v) is 23.3. The predicted molar refractivity (Wildman–Crippen MR) is 148 cm³/mol. The van der Waals surface area contributed by atoms with Gasteiger partial charge in [-0.1, -0.05) is 0 Å². The van der Waals surface area contributed by atoms with Gasteiger partial charge in [-0.15, -0.1) is 0 Å². The number of aliphatic carboxylic acids is 1. The number of nitrogens with zero attached hydrogens (tertiary/aromatic N) is 1. The van der Waals surface area contributed by atoms with E-state index in [9.17, 15) is 23.2 Å². The molecule has 0 bridgehead atoms. The number of alkyl halides is 2. The number of aromatic nitrogens is 1. The molecule has 43 heavy (non-hydrogen) atoms. The molecule has 3 rings (SSSR count). The lowest BCUT2D eigenvalue weighted by atomic mass is 10.0. The van der Waals surface area contributed by atoms with Crippen LogP contribution in [0.4, 0.5) is 18.9 Å². The number of hydrogen-bond acceptors (Lipinski definition) is 9. The molecule has 0 saturated carbocycles. The van der Waals surface area contributed by atoms with Crippen LogP contribution in [0.1, 0.15) is 34.5 Å². The van der Waals surface area contributed by atoms with Crippen molar-refractivity contribution < 1.29 is 46.9 Å². The van der Waals surface area contributed by atoms with Gasteiger partial charge in [0.25, 0.3) is 11.8 Å². The first-order valence-corrected chi connectivity index (χ1v) is 12.1. The minimum atomic E-state index is -3.58. The van der Waals surface area contributed by atoms with Gasteiger partial charge in [0.1, 0.15) is 23.3 Å². The highest BCUT2D eigenvalue weighted by atomic mass is 19.3. The lowest BCUT2D eigenvalue weighted by Crippen LogP contribution is -2.45. The number of pyridine rings is 1. The summed E-state index contributed by atoms with van der Waals surface area (Å²) in [6.07, 6.45) is 1.45. The van der Waals surface area contributed by atoms with Crippen LogP contribution in [0.3, 0.4) is 0 Å². The van der Waals surface area contributed by atoms with Gasteiger partial charge >= 0.3 is 11.9 Å². The van der Waals surface area contributed by atoms with Crippen molar-refractivity contribution in [3.63, 3.8) is 0 Å². The number of amidine groups is 1. The molecule has 0 aliphatic carbocycles. The Morgan fingerprint density at radius 2 is 1.58 bits per heavy atom. The van der Waals surface area contributed by atoms with Crippen molar-refractivity contribution in [2.75, 3.05) is 26.6 Å². The Bertz CT molecular complexity index is 1470. The third-order valence-electron chi connectivity index (χ3n) is 5.47. The SMILES string of the molecule is CC(F)(F)C(=O)O.COc1cc(F)c(C(Nc2ccc(C(=N)N)cc2)C(=O)NNC(=O)c2cccnc2OC)cc1OC. The second kappa shape index (κ2) is 14.9. The first-order valence-electron chi connectivity index (χ1n) is 12.1. The van der Waals surface area contributed by atoms with Gasteiger partial charge < -0.3 is 30.4 Å². The maximum Gasteiger partial charge on any atom is 0.374 e. The maximum atomic E-state index is 15.1. The number of amides is 2. The van der Waals surface area contributed by atoms with Crippen LogP contribution in [-0.2, 0) is 9.59 Å². The van der Waals surface area contributed by atoms with Crippen molar-refractivity contribution >= 4 is 29.3 Å². The largest absolute Gasteiger partial charge is 0.493 e. The summed E-state index contributed by atoms with van der Waals surface area (Å²) in [5.74, 6) is -7.62.